The molecule has 5 aromatic rings. The molecule has 0 saturated heterocycles. The third kappa shape index (κ3) is 6.24. The molecule has 0 bridgehead atoms. The molecule has 0 spiro atoms. The highest BCUT2D eigenvalue weighted by Gasteiger charge is 2.12. The molecular weight excluding hydrogens is 482 g/mol. The standard InChI is InChI=1S/C30H29N3O3S/c1-2-3-4-8-19-35-25-17-13-24(14-18-25)28-31-30-33(32-28)29(34)27(37-30)20-22-11-15-26(16-12-22)36-21-23-9-6-5-7-10-23/h5-7,9-18,20H,2-4,8,19,21H2,1H3. The third-order valence-corrected chi connectivity index (χ3v) is 6.95. The van der Waals surface area contributed by atoms with E-state index >= 15 is 0 Å². The molecule has 2 heterocycles. The first-order chi connectivity index (χ1) is 18.2. The van der Waals surface area contributed by atoms with Gasteiger partial charge in [0.15, 0.2) is 5.82 Å². The molecule has 37 heavy (non-hydrogen) atoms. The Morgan fingerprint density at radius 3 is 2.32 bits per heavy atom. The van der Waals surface area contributed by atoms with Gasteiger partial charge in [0.25, 0.3) is 5.56 Å². The molecule has 3 aromatic carbocycles. The topological polar surface area (TPSA) is 65.7 Å². The van der Waals surface area contributed by atoms with Crippen molar-refractivity contribution in [3.05, 3.63) is 105 Å². The van der Waals surface area contributed by atoms with Gasteiger partial charge in [0, 0.05) is 5.56 Å². The molecule has 0 N–H and O–H groups in total. The summed E-state index contributed by atoms with van der Waals surface area (Å²) in [4.78, 5) is 18.1. The summed E-state index contributed by atoms with van der Waals surface area (Å²) < 4.78 is 13.6. The van der Waals surface area contributed by atoms with Crippen molar-refractivity contribution >= 4 is 22.4 Å². The van der Waals surface area contributed by atoms with Crippen LogP contribution >= 0.6 is 11.3 Å². The number of unbranched alkanes of at least 4 members (excludes halogenated alkanes) is 3. The van der Waals surface area contributed by atoms with Crippen LogP contribution in [0.2, 0.25) is 0 Å². The fraction of sp³-hybridized carbons (Fsp3) is 0.233. The number of benzene rings is 3. The highest BCUT2D eigenvalue weighted by Crippen LogP contribution is 2.21. The zero-order valence-electron chi connectivity index (χ0n) is 20.8. The van der Waals surface area contributed by atoms with E-state index in [0.29, 0.717) is 21.9 Å². The van der Waals surface area contributed by atoms with E-state index < -0.39 is 0 Å². The van der Waals surface area contributed by atoms with Crippen molar-refractivity contribution in [1.82, 2.24) is 14.6 Å². The van der Waals surface area contributed by atoms with Crippen LogP contribution in [-0.2, 0) is 6.61 Å². The second kappa shape index (κ2) is 11.8. The number of rotatable bonds is 11. The Balaban J connectivity index is 1.25. The highest BCUT2D eigenvalue weighted by molar-refractivity contribution is 7.15. The number of aromatic nitrogens is 3. The van der Waals surface area contributed by atoms with Gasteiger partial charge in [0.2, 0.25) is 4.96 Å². The first-order valence-electron chi connectivity index (χ1n) is 12.6. The molecule has 0 radical (unpaired) electrons. The van der Waals surface area contributed by atoms with E-state index in [2.05, 4.69) is 17.0 Å². The van der Waals surface area contributed by atoms with Gasteiger partial charge in [0.05, 0.1) is 11.1 Å². The van der Waals surface area contributed by atoms with Gasteiger partial charge >= 0.3 is 0 Å². The van der Waals surface area contributed by atoms with Crippen LogP contribution in [0.1, 0.15) is 43.7 Å². The Hall–Kier alpha value is -3.97. The van der Waals surface area contributed by atoms with Gasteiger partial charge in [-0.2, -0.15) is 9.50 Å². The fourth-order valence-electron chi connectivity index (χ4n) is 3.93. The average molecular weight is 512 g/mol. The predicted octanol–water partition coefficient (Wildman–Crippen LogP) is 5.90. The monoisotopic (exact) mass is 511 g/mol. The lowest BCUT2D eigenvalue weighted by molar-refractivity contribution is 0.305. The molecule has 5 rings (SSSR count). The molecule has 0 saturated carbocycles. The lowest BCUT2D eigenvalue weighted by Crippen LogP contribution is -2.23. The second-order valence-corrected chi connectivity index (χ2v) is 9.83. The summed E-state index contributed by atoms with van der Waals surface area (Å²) in [7, 11) is 0. The Bertz CT molecular complexity index is 1540. The first-order valence-corrected chi connectivity index (χ1v) is 13.4. The molecule has 188 valence electrons. The van der Waals surface area contributed by atoms with Gasteiger partial charge in [-0.1, -0.05) is 80.0 Å². The Kier molecular flexibility index (Phi) is 7.91. The zero-order chi connectivity index (χ0) is 25.5. The predicted molar refractivity (Wildman–Crippen MR) is 148 cm³/mol. The van der Waals surface area contributed by atoms with Gasteiger partial charge in [-0.25, -0.2) is 0 Å². The minimum absolute atomic E-state index is 0.171. The summed E-state index contributed by atoms with van der Waals surface area (Å²) in [5.74, 6) is 2.15. The minimum Gasteiger partial charge on any atom is -0.494 e. The van der Waals surface area contributed by atoms with Crippen molar-refractivity contribution in [3.8, 4) is 22.9 Å². The van der Waals surface area contributed by atoms with E-state index in [0.717, 1.165) is 41.2 Å². The number of hydrogen-bond donors (Lipinski definition) is 0. The van der Waals surface area contributed by atoms with Crippen LogP contribution in [-0.4, -0.2) is 21.2 Å². The van der Waals surface area contributed by atoms with Crippen LogP contribution < -0.4 is 19.6 Å². The van der Waals surface area contributed by atoms with Crippen LogP contribution in [0.5, 0.6) is 11.5 Å². The average Bonchev–Trinajstić information content (AvgIpc) is 3.48. The van der Waals surface area contributed by atoms with Crippen LogP contribution in [0.15, 0.2) is 83.7 Å². The summed E-state index contributed by atoms with van der Waals surface area (Å²) in [6.07, 6.45) is 6.56. The molecule has 0 fully saturated rings. The molecule has 2 aromatic heterocycles. The second-order valence-electron chi connectivity index (χ2n) is 8.82. The Labute approximate surface area is 219 Å². The van der Waals surface area contributed by atoms with E-state index in [1.807, 2.05) is 84.9 Å². The SMILES string of the molecule is CCCCCCOc1ccc(-c2nc3sc(=Cc4ccc(OCc5ccccc5)cc4)c(=O)n3n2)cc1. The van der Waals surface area contributed by atoms with E-state index in [1.54, 1.807) is 0 Å². The highest BCUT2D eigenvalue weighted by atomic mass is 32.1. The molecule has 7 heteroatoms. The smallest absolute Gasteiger partial charge is 0.291 e. The van der Waals surface area contributed by atoms with E-state index in [1.165, 1.54) is 35.1 Å². The van der Waals surface area contributed by atoms with Crippen LogP contribution in [0, 0.1) is 0 Å². The quantitative estimate of drug-likeness (QED) is 0.207. The van der Waals surface area contributed by atoms with Gasteiger partial charge in [-0.3, -0.25) is 4.79 Å². The summed E-state index contributed by atoms with van der Waals surface area (Å²) in [6, 6.07) is 25.4. The van der Waals surface area contributed by atoms with Crippen molar-refractivity contribution < 1.29 is 9.47 Å². The molecule has 6 nitrogen and oxygen atoms in total. The molecule has 0 aliphatic heterocycles. The Morgan fingerprint density at radius 1 is 0.865 bits per heavy atom. The van der Waals surface area contributed by atoms with E-state index in [9.17, 15) is 4.79 Å². The summed E-state index contributed by atoms with van der Waals surface area (Å²) in [6.45, 7) is 3.44. The number of thiazole rings is 1. The number of nitrogens with zero attached hydrogens (tertiary/aromatic N) is 3. The van der Waals surface area contributed by atoms with Crippen molar-refractivity contribution in [2.24, 2.45) is 0 Å². The maximum atomic E-state index is 12.9. The van der Waals surface area contributed by atoms with Gasteiger partial charge < -0.3 is 9.47 Å². The third-order valence-electron chi connectivity index (χ3n) is 5.99. The zero-order valence-corrected chi connectivity index (χ0v) is 21.6. The van der Waals surface area contributed by atoms with Crippen LogP contribution in [0.4, 0.5) is 0 Å². The molecule has 0 unspecified atom stereocenters. The molecule has 0 aliphatic rings. The summed E-state index contributed by atoms with van der Waals surface area (Å²) in [5, 5.41) is 4.46. The maximum absolute atomic E-state index is 12.9. The normalized spacial score (nSPS) is 11.8. The van der Waals surface area contributed by atoms with Crippen molar-refractivity contribution in [1.29, 1.82) is 0 Å². The van der Waals surface area contributed by atoms with E-state index in [-0.39, 0.29) is 5.56 Å². The lowest BCUT2D eigenvalue weighted by Gasteiger charge is -2.06. The largest absolute Gasteiger partial charge is 0.494 e. The minimum atomic E-state index is -0.171. The molecular formula is C30H29N3O3S. The van der Waals surface area contributed by atoms with Crippen molar-refractivity contribution in [2.45, 2.75) is 39.2 Å². The van der Waals surface area contributed by atoms with E-state index in [4.69, 9.17) is 9.47 Å². The van der Waals surface area contributed by atoms with Crippen LogP contribution in [0.25, 0.3) is 22.4 Å². The molecule has 0 aliphatic carbocycles. The van der Waals surface area contributed by atoms with Crippen LogP contribution in [0.3, 0.4) is 0 Å². The molecule has 0 atom stereocenters. The summed E-state index contributed by atoms with van der Waals surface area (Å²) in [5.41, 5.74) is 2.71. The summed E-state index contributed by atoms with van der Waals surface area (Å²) >= 11 is 1.33. The molecule has 0 amide bonds. The number of fused-ring (bicyclic) bond motifs is 1. The maximum Gasteiger partial charge on any atom is 0.291 e. The fourth-order valence-corrected chi connectivity index (χ4v) is 4.84. The van der Waals surface area contributed by atoms with Gasteiger partial charge in [-0.05, 0) is 60.0 Å². The van der Waals surface area contributed by atoms with Gasteiger partial charge in [-0.15, -0.1) is 5.10 Å². The van der Waals surface area contributed by atoms with Crippen molar-refractivity contribution in [3.63, 3.8) is 0 Å². The van der Waals surface area contributed by atoms with Gasteiger partial charge in [0.1, 0.15) is 18.1 Å². The number of hydrogen-bond acceptors (Lipinski definition) is 6. The first kappa shape index (κ1) is 24.7. The van der Waals surface area contributed by atoms with Crippen molar-refractivity contribution in [2.75, 3.05) is 6.61 Å². The lowest BCUT2D eigenvalue weighted by atomic mass is 10.2. The number of ether oxygens (including phenoxy) is 2. The Morgan fingerprint density at radius 2 is 1.59 bits per heavy atom.